The number of aliphatic hydroxyl groups is 1. The average Bonchev–Trinajstić information content (AvgIpc) is 3.04. The second-order valence-electron chi connectivity index (χ2n) is 14.7. The predicted molar refractivity (Wildman–Crippen MR) is 131 cm³/mol. The molecule has 4 saturated carbocycles. The standard InChI is InChI=1S/C30H50O/c1-19(2)20-11-14-27(5)17-18-29(7)21(25(20)27)9-10-23-28(6)15-13-24(31)26(3,4)22(28)12-16-30(23,29)8/h9,19-20,22-25,31H,10-18H2,1-8H3/t20-,22-,23-,24+,25+,27-,28+,29-,30-/m1/s1. The van der Waals surface area contributed by atoms with E-state index in [0.717, 1.165) is 30.1 Å². The molecule has 0 aromatic carbocycles. The maximum Gasteiger partial charge on any atom is 0.0594 e. The Morgan fingerprint density at radius 1 is 0.839 bits per heavy atom. The van der Waals surface area contributed by atoms with Crippen molar-refractivity contribution in [1.82, 2.24) is 0 Å². The molecule has 0 radical (unpaired) electrons. The third-order valence-corrected chi connectivity index (χ3v) is 13.1. The molecule has 0 bridgehead atoms. The normalized spacial score (nSPS) is 55.7. The Hall–Kier alpha value is -0.300. The van der Waals surface area contributed by atoms with Crippen LogP contribution in [0, 0.1) is 56.7 Å². The van der Waals surface area contributed by atoms with Crippen LogP contribution in [0.3, 0.4) is 0 Å². The first-order valence-corrected chi connectivity index (χ1v) is 13.7. The van der Waals surface area contributed by atoms with Crippen LogP contribution in [0.25, 0.3) is 0 Å². The van der Waals surface area contributed by atoms with Crippen molar-refractivity contribution in [3.8, 4) is 0 Å². The molecule has 0 aromatic heterocycles. The van der Waals surface area contributed by atoms with Crippen molar-refractivity contribution in [3.63, 3.8) is 0 Å². The fourth-order valence-electron chi connectivity index (χ4n) is 10.9. The zero-order chi connectivity index (χ0) is 22.6. The molecule has 0 aromatic rings. The van der Waals surface area contributed by atoms with Crippen molar-refractivity contribution in [1.29, 1.82) is 0 Å². The van der Waals surface area contributed by atoms with Gasteiger partial charge in [0.05, 0.1) is 6.10 Å². The van der Waals surface area contributed by atoms with Gasteiger partial charge < -0.3 is 5.11 Å². The summed E-state index contributed by atoms with van der Waals surface area (Å²) in [6, 6.07) is 0. The van der Waals surface area contributed by atoms with E-state index in [9.17, 15) is 5.11 Å². The van der Waals surface area contributed by atoms with Crippen LogP contribution in [-0.4, -0.2) is 11.2 Å². The summed E-state index contributed by atoms with van der Waals surface area (Å²) in [5, 5.41) is 10.9. The molecule has 1 heteroatoms. The first-order valence-electron chi connectivity index (χ1n) is 13.7. The van der Waals surface area contributed by atoms with Crippen LogP contribution in [0.15, 0.2) is 11.6 Å². The van der Waals surface area contributed by atoms with E-state index in [1.54, 1.807) is 0 Å². The van der Waals surface area contributed by atoms with E-state index in [2.05, 4.69) is 61.5 Å². The number of aliphatic hydroxyl groups excluding tert-OH is 1. The van der Waals surface area contributed by atoms with Gasteiger partial charge in [-0.25, -0.2) is 0 Å². The molecule has 0 aliphatic heterocycles. The number of fused-ring (bicyclic) bond motifs is 7. The van der Waals surface area contributed by atoms with Gasteiger partial charge in [-0.3, -0.25) is 0 Å². The highest BCUT2D eigenvalue weighted by molar-refractivity contribution is 5.34. The number of rotatable bonds is 1. The Morgan fingerprint density at radius 3 is 2.23 bits per heavy atom. The maximum absolute atomic E-state index is 10.9. The van der Waals surface area contributed by atoms with Gasteiger partial charge in [-0.05, 0) is 114 Å². The largest absolute Gasteiger partial charge is 0.393 e. The number of hydrogen-bond donors (Lipinski definition) is 1. The summed E-state index contributed by atoms with van der Waals surface area (Å²) in [6.45, 7) is 20.4. The van der Waals surface area contributed by atoms with E-state index in [1.165, 1.54) is 51.4 Å². The Kier molecular flexibility index (Phi) is 4.82. The van der Waals surface area contributed by atoms with Crippen LogP contribution < -0.4 is 0 Å². The van der Waals surface area contributed by atoms with Crippen molar-refractivity contribution >= 4 is 0 Å². The highest BCUT2D eigenvalue weighted by Gasteiger charge is 2.68. The van der Waals surface area contributed by atoms with Gasteiger partial charge in [0.15, 0.2) is 0 Å². The molecular weight excluding hydrogens is 376 g/mol. The lowest BCUT2D eigenvalue weighted by Gasteiger charge is -2.70. The molecule has 0 amide bonds. The summed E-state index contributed by atoms with van der Waals surface area (Å²) >= 11 is 0. The van der Waals surface area contributed by atoms with Crippen LogP contribution in [0.4, 0.5) is 0 Å². The van der Waals surface area contributed by atoms with Gasteiger partial charge in [0.2, 0.25) is 0 Å². The molecular formula is C30H50O. The molecule has 9 atom stereocenters. The lowest BCUT2D eigenvalue weighted by Crippen LogP contribution is -2.64. The molecule has 1 nitrogen and oxygen atoms in total. The first kappa shape index (κ1) is 22.5. The SMILES string of the molecule is CC(C)[C@H]1CC[C@]2(C)CC[C@]3(C)C(=CC[C@@H]4[C@@]5(C)CC[C@H](O)C(C)(C)[C@H]5CC[C@]43C)[C@H]12. The van der Waals surface area contributed by atoms with E-state index < -0.39 is 0 Å². The van der Waals surface area contributed by atoms with E-state index in [-0.39, 0.29) is 11.5 Å². The summed E-state index contributed by atoms with van der Waals surface area (Å²) in [4.78, 5) is 0. The third-order valence-electron chi connectivity index (χ3n) is 13.1. The molecule has 0 saturated heterocycles. The lowest BCUT2D eigenvalue weighted by atomic mass is 9.34. The van der Waals surface area contributed by atoms with Gasteiger partial charge >= 0.3 is 0 Å². The van der Waals surface area contributed by atoms with Gasteiger partial charge in [0.25, 0.3) is 0 Å². The Labute approximate surface area is 192 Å². The minimum atomic E-state index is -0.124. The quantitative estimate of drug-likeness (QED) is 0.421. The molecule has 0 heterocycles. The smallest absolute Gasteiger partial charge is 0.0594 e. The topological polar surface area (TPSA) is 20.2 Å². The van der Waals surface area contributed by atoms with Gasteiger partial charge in [-0.15, -0.1) is 0 Å². The maximum atomic E-state index is 10.9. The van der Waals surface area contributed by atoms with Crippen LogP contribution in [-0.2, 0) is 0 Å². The number of hydrogen-bond acceptors (Lipinski definition) is 1. The molecule has 5 aliphatic rings. The number of allylic oxidation sites excluding steroid dienone is 2. The van der Waals surface area contributed by atoms with E-state index in [1.807, 2.05) is 5.57 Å². The molecule has 176 valence electrons. The van der Waals surface area contributed by atoms with Crippen LogP contribution >= 0.6 is 0 Å². The summed E-state index contributed by atoms with van der Waals surface area (Å²) in [5.41, 5.74) is 3.64. The Morgan fingerprint density at radius 2 is 1.55 bits per heavy atom. The molecule has 4 fully saturated rings. The molecule has 5 rings (SSSR count). The second-order valence-corrected chi connectivity index (χ2v) is 14.7. The van der Waals surface area contributed by atoms with Gasteiger partial charge in [0.1, 0.15) is 0 Å². The van der Waals surface area contributed by atoms with Crippen LogP contribution in [0.5, 0.6) is 0 Å². The zero-order valence-corrected chi connectivity index (χ0v) is 21.9. The summed E-state index contributed by atoms with van der Waals surface area (Å²) in [5.74, 6) is 3.92. The van der Waals surface area contributed by atoms with Crippen LogP contribution in [0.2, 0.25) is 0 Å². The van der Waals surface area contributed by atoms with Gasteiger partial charge in [-0.2, -0.15) is 0 Å². The first-order chi connectivity index (χ1) is 14.3. The fraction of sp³-hybridized carbons (Fsp3) is 0.933. The average molecular weight is 427 g/mol. The summed E-state index contributed by atoms with van der Waals surface area (Å²) in [7, 11) is 0. The zero-order valence-electron chi connectivity index (χ0n) is 21.9. The second kappa shape index (κ2) is 6.64. The fourth-order valence-corrected chi connectivity index (χ4v) is 10.9. The van der Waals surface area contributed by atoms with E-state index >= 15 is 0 Å². The monoisotopic (exact) mass is 426 g/mol. The molecule has 0 spiro atoms. The van der Waals surface area contributed by atoms with E-state index in [0.29, 0.717) is 27.6 Å². The third kappa shape index (κ3) is 2.65. The van der Waals surface area contributed by atoms with E-state index in [4.69, 9.17) is 0 Å². The molecule has 5 aliphatic carbocycles. The van der Waals surface area contributed by atoms with Crippen molar-refractivity contribution < 1.29 is 5.11 Å². The Bertz CT molecular complexity index is 777. The van der Waals surface area contributed by atoms with Crippen molar-refractivity contribution in [2.24, 2.45) is 56.7 Å². The van der Waals surface area contributed by atoms with Gasteiger partial charge in [0, 0.05) is 0 Å². The minimum Gasteiger partial charge on any atom is -0.393 e. The summed E-state index contributed by atoms with van der Waals surface area (Å²) < 4.78 is 0. The van der Waals surface area contributed by atoms with Crippen molar-refractivity contribution in [3.05, 3.63) is 11.6 Å². The predicted octanol–water partition coefficient (Wildman–Crippen LogP) is 8.02. The van der Waals surface area contributed by atoms with Crippen molar-refractivity contribution in [2.75, 3.05) is 0 Å². The summed E-state index contributed by atoms with van der Waals surface area (Å²) in [6.07, 6.45) is 14.6. The molecule has 0 unspecified atom stereocenters. The Balaban J connectivity index is 1.59. The van der Waals surface area contributed by atoms with Crippen molar-refractivity contribution in [2.45, 2.75) is 119 Å². The molecule has 1 N–H and O–H groups in total. The highest BCUT2D eigenvalue weighted by Crippen LogP contribution is 2.76. The highest BCUT2D eigenvalue weighted by atomic mass is 16.3. The lowest BCUT2D eigenvalue weighted by molar-refractivity contribution is -0.201. The van der Waals surface area contributed by atoms with Crippen LogP contribution in [0.1, 0.15) is 113 Å². The van der Waals surface area contributed by atoms with Gasteiger partial charge in [-0.1, -0.05) is 67.0 Å². The minimum absolute atomic E-state index is 0.0541. The molecule has 31 heavy (non-hydrogen) atoms.